The van der Waals surface area contributed by atoms with E-state index in [1.54, 1.807) is 24.3 Å². The number of hydrogen-bond donors (Lipinski definition) is 0. The fourth-order valence-electron chi connectivity index (χ4n) is 3.95. The van der Waals surface area contributed by atoms with Crippen molar-refractivity contribution in [1.29, 1.82) is 0 Å². The SMILES string of the molecule is Cc1ccccc1N1C(=O)C(=Cc2ccc3c(c2)OCO3)C(=O)N(c2ccccc2C)C1=S. The first-order valence-electron chi connectivity index (χ1n) is 10.4. The van der Waals surface area contributed by atoms with Crippen molar-refractivity contribution < 1.29 is 19.1 Å². The maximum atomic E-state index is 13.7. The first-order chi connectivity index (χ1) is 16.0. The average molecular weight is 457 g/mol. The lowest BCUT2D eigenvalue weighted by atomic mass is 10.0. The number of anilines is 2. The average Bonchev–Trinajstić information content (AvgIpc) is 3.27. The van der Waals surface area contributed by atoms with Crippen LogP contribution in [0.5, 0.6) is 11.5 Å². The fraction of sp³-hybridized carbons (Fsp3) is 0.115. The molecule has 2 aliphatic rings. The van der Waals surface area contributed by atoms with E-state index in [4.69, 9.17) is 21.7 Å². The summed E-state index contributed by atoms with van der Waals surface area (Å²) in [6.45, 7) is 3.95. The summed E-state index contributed by atoms with van der Waals surface area (Å²) in [7, 11) is 0. The second-order valence-corrected chi connectivity index (χ2v) is 8.17. The Kier molecular flexibility index (Phi) is 5.18. The molecule has 0 atom stereocenters. The van der Waals surface area contributed by atoms with Gasteiger partial charge < -0.3 is 9.47 Å². The predicted octanol–water partition coefficient (Wildman–Crippen LogP) is 4.78. The zero-order valence-corrected chi connectivity index (χ0v) is 18.9. The molecule has 2 amide bonds. The smallest absolute Gasteiger partial charge is 0.270 e. The molecular formula is C26H20N2O4S. The highest BCUT2D eigenvalue weighted by atomic mass is 32.1. The Balaban J connectivity index is 1.67. The Hall–Kier alpha value is -3.97. The monoisotopic (exact) mass is 456 g/mol. The van der Waals surface area contributed by atoms with Gasteiger partial charge in [-0.25, -0.2) is 0 Å². The van der Waals surface area contributed by atoms with Crippen LogP contribution in [0.3, 0.4) is 0 Å². The molecule has 0 bridgehead atoms. The zero-order valence-electron chi connectivity index (χ0n) is 18.1. The first kappa shape index (κ1) is 20.9. The molecule has 6 nitrogen and oxygen atoms in total. The van der Waals surface area contributed by atoms with Crippen LogP contribution >= 0.6 is 12.2 Å². The Labute approximate surface area is 196 Å². The number of ether oxygens (including phenoxy) is 2. The van der Waals surface area contributed by atoms with Gasteiger partial charge in [0.05, 0.1) is 11.4 Å². The molecule has 0 radical (unpaired) electrons. The zero-order chi connectivity index (χ0) is 23.1. The molecular weight excluding hydrogens is 436 g/mol. The summed E-state index contributed by atoms with van der Waals surface area (Å²) in [5.41, 5.74) is 3.67. The molecule has 164 valence electrons. The lowest BCUT2D eigenvalue weighted by Gasteiger charge is -2.37. The quantitative estimate of drug-likeness (QED) is 0.323. The summed E-state index contributed by atoms with van der Waals surface area (Å²) in [6.07, 6.45) is 1.57. The van der Waals surface area contributed by atoms with Crippen LogP contribution < -0.4 is 19.3 Å². The van der Waals surface area contributed by atoms with Crippen molar-refractivity contribution in [2.24, 2.45) is 0 Å². The van der Waals surface area contributed by atoms with E-state index >= 15 is 0 Å². The van der Waals surface area contributed by atoms with Gasteiger partial charge in [-0.2, -0.15) is 0 Å². The molecule has 0 N–H and O–H groups in total. The third-order valence-electron chi connectivity index (χ3n) is 5.67. The molecule has 0 saturated carbocycles. The van der Waals surface area contributed by atoms with Crippen LogP contribution in [-0.4, -0.2) is 23.7 Å². The molecule has 2 aliphatic heterocycles. The van der Waals surface area contributed by atoms with Crippen LogP contribution in [0.1, 0.15) is 16.7 Å². The van der Waals surface area contributed by atoms with Crippen molar-refractivity contribution in [1.82, 2.24) is 0 Å². The molecule has 0 unspecified atom stereocenters. The van der Waals surface area contributed by atoms with Crippen LogP contribution in [0.15, 0.2) is 72.3 Å². The van der Waals surface area contributed by atoms with Crippen molar-refractivity contribution in [3.05, 3.63) is 89.0 Å². The number of benzene rings is 3. The van der Waals surface area contributed by atoms with Crippen molar-refractivity contribution >= 4 is 46.6 Å². The number of aryl methyl sites for hydroxylation is 2. The molecule has 3 aromatic carbocycles. The minimum atomic E-state index is -0.471. The maximum absolute atomic E-state index is 13.7. The van der Waals surface area contributed by atoms with Gasteiger partial charge in [-0.1, -0.05) is 42.5 Å². The summed E-state index contributed by atoms with van der Waals surface area (Å²) in [6, 6.07) is 20.2. The third kappa shape index (κ3) is 3.56. The minimum Gasteiger partial charge on any atom is -0.454 e. The highest BCUT2D eigenvalue weighted by Crippen LogP contribution is 2.35. The van der Waals surface area contributed by atoms with Crippen LogP contribution in [0.4, 0.5) is 11.4 Å². The van der Waals surface area contributed by atoms with Crippen LogP contribution in [-0.2, 0) is 9.59 Å². The van der Waals surface area contributed by atoms with E-state index in [1.807, 2.05) is 62.4 Å². The summed E-state index contributed by atoms with van der Waals surface area (Å²) >= 11 is 5.71. The lowest BCUT2D eigenvalue weighted by Crippen LogP contribution is -2.57. The third-order valence-corrected chi connectivity index (χ3v) is 6.04. The summed E-state index contributed by atoms with van der Waals surface area (Å²) < 4.78 is 10.8. The van der Waals surface area contributed by atoms with Crippen molar-refractivity contribution in [2.75, 3.05) is 16.6 Å². The lowest BCUT2D eigenvalue weighted by molar-refractivity contribution is -0.120. The second kappa shape index (κ2) is 8.18. The normalized spacial score (nSPS) is 15.3. The molecule has 0 aliphatic carbocycles. The van der Waals surface area contributed by atoms with Gasteiger partial charge in [0.15, 0.2) is 16.6 Å². The number of rotatable bonds is 3. The van der Waals surface area contributed by atoms with E-state index in [-0.39, 0.29) is 17.5 Å². The van der Waals surface area contributed by atoms with Gasteiger partial charge in [0.2, 0.25) is 6.79 Å². The predicted molar refractivity (Wildman–Crippen MR) is 130 cm³/mol. The molecule has 33 heavy (non-hydrogen) atoms. The highest BCUT2D eigenvalue weighted by Gasteiger charge is 2.42. The van der Waals surface area contributed by atoms with Gasteiger partial charge in [-0.05, 0) is 73.1 Å². The van der Waals surface area contributed by atoms with Gasteiger partial charge in [0.1, 0.15) is 5.57 Å². The molecule has 3 aromatic rings. The van der Waals surface area contributed by atoms with Crippen LogP contribution in [0.2, 0.25) is 0 Å². The Morgan fingerprint density at radius 1 is 0.788 bits per heavy atom. The molecule has 1 saturated heterocycles. The molecule has 7 heteroatoms. The van der Waals surface area contributed by atoms with E-state index in [0.29, 0.717) is 28.4 Å². The number of amides is 2. The number of nitrogens with zero attached hydrogens (tertiary/aromatic N) is 2. The number of carbonyl (C=O) groups excluding carboxylic acids is 2. The Bertz CT molecular complexity index is 1280. The Morgan fingerprint density at radius 2 is 1.33 bits per heavy atom. The molecule has 0 aromatic heterocycles. The van der Waals surface area contributed by atoms with E-state index < -0.39 is 11.8 Å². The number of para-hydroxylation sites is 2. The standard InChI is InChI=1S/C26H20N2O4S/c1-16-7-3-5-9-20(16)27-24(29)19(13-18-11-12-22-23(14-18)32-15-31-22)25(30)28(26(27)33)21-10-6-4-8-17(21)2/h3-14H,15H2,1-2H3. The molecule has 2 heterocycles. The maximum Gasteiger partial charge on any atom is 0.270 e. The van der Waals surface area contributed by atoms with Gasteiger partial charge in [-0.15, -0.1) is 0 Å². The number of thiocarbonyl (C=S) groups is 1. The minimum absolute atomic E-state index is 0.00831. The van der Waals surface area contributed by atoms with Crippen LogP contribution in [0.25, 0.3) is 6.08 Å². The summed E-state index contributed by atoms with van der Waals surface area (Å²) in [4.78, 5) is 30.2. The number of fused-ring (bicyclic) bond motifs is 1. The van der Waals surface area contributed by atoms with Crippen molar-refractivity contribution in [2.45, 2.75) is 13.8 Å². The molecule has 5 rings (SSSR count). The summed E-state index contributed by atoms with van der Waals surface area (Å²) in [5, 5.41) is 0.122. The van der Waals surface area contributed by atoms with Gasteiger partial charge >= 0.3 is 0 Å². The highest BCUT2D eigenvalue weighted by molar-refractivity contribution is 7.81. The Morgan fingerprint density at radius 3 is 1.91 bits per heavy atom. The van der Waals surface area contributed by atoms with E-state index in [0.717, 1.165) is 11.1 Å². The van der Waals surface area contributed by atoms with Crippen molar-refractivity contribution in [3.63, 3.8) is 0 Å². The van der Waals surface area contributed by atoms with E-state index in [2.05, 4.69) is 0 Å². The second-order valence-electron chi connectivity index (χ2n) is 7.81. The topological polar surface area (TPSA) is 59.1 Å². The summed E-state index contributed by atoms with van der Waals surface area (Å²) in [5.74, 6) is 0.258. The van der Waals surface area contributed by atoms with Gasteiger partial charge in [0.25, 0.3) is 11.8 Å². The number of hydrogen-bond acceptors (Lipinski definition) is 5. The van der Waals surface area contributed by atoms with Crippen LogP contribution in [0, 0.1) is 13.8 Å². The fourth-order valence-corrected chi connectivity index (χ4v) is 4.32. The number of carbonyl (C=O) groups is 2. The molecule has 1 fully saturated rings. The molecule has 0 spiro atoms. The van der Waals surface area contributed by atoms with Crippen molar-refractivity contribution in [3.8, 4) is 11.5 Å². The van der Waals surface area contributed by atoms with Gasteiger partial charge in [-0.3, -0.25) is 19.4 Å². The largest absolute Gasteiger partial charge is 0.454 e. The van der Waals surface area contributed by atoms with E-state index in [1.165, 1.54) is 9.80 Å². The first-order valence-corrected chi connectivity index (χ1v) is 10.8. The van der Waals surface area contributed by atoms with E-state index in [9.17, 15) is 9.59 Å². The van der Waals surface area contributed by atoms with Gasteiger partial charge in [0, 0.05) is 0 Å².